The van der Waals surface area contributed by atoms with Crippen LogP contribution < -0.4 is 0 Å². The zero-order chi connectivity index (χ0) is 15.7. The Labute approximate surface area is 118 Å². The zero-order valence-electron chi connectivity index (χ0n) is 11.4. The molecule has 0 amide bonds. The van der Waals surface area contributed by atoms with Gasteiger partial charge in [-0.25, -0.2) is 21.8 Å². The molecule has 114 valence electrons. The lowest BCUT2D eigenvalue weighted by atomic mass is 10.1. The molecule has 0 saturated carbocycles. The van der Waals surface area contributed by atoms with Crippen LogP contribution in [0.4, 0.5) is 0 Å². The Bertz CT molecular complexity index is 722. The minimum Gasteiger partial charge on any atom is -0.504 e. The zero-order valence-corrected chi connectivity index (χ0v) is 13.0. The van der Waals surface area contributed by atoms with Crippen molar-refractivity contribution in [2.45, 2.75) is 36.3 Å². The van der Waals surface area contributed by atoms with E-state index in [2.05, 4.69) is 4.98 Å². The fourth-order valence-corrected chi connectivity index (χ4v) is 3.75. The van der Waals surface area contributed by atoms with Gasteiger partial charge >= 0.3 is 0 Å². The van der Waals surface area contributed by atoms with Gasteiger partial charge in [-0.05, 0) is 6.42 Å². The second-order valence-electron chi connectivity index (χ2n) is 4.47. The highest BCUT2D eigenvalue weighted by Crippen LogP contribution is 2.34. The third-order valence-corrected chi connectivity index (χ3v) is 4.81. The molecule has 0 atom stereocenters. The van der Waals surface area contributed by atoms with Crippen molar-refractivity contribution < 1.29 is 27.0 Å². The molecule has 0 aliphatic carbocycles. The number of nitrogens with zero attached hydrogens (tertiary/aromatic N) is 1. The Morgan fingerprint density at radius 2 is 1.65 bits per heavy atom. The summed E-state index contributed by atoms with van der Waals surface area (Å²) >= 11 is 0. The smallest absolute Gasteiger partial charge is 0.198 e. The molecule has 1 aromatic rings. The van der Waals surface area contributed by atoms with E-state index in [1.807, 2.05) is 0 Å². The van der Waals surface area contributed by atoms with Crippen molar-refractivity contribution in [2.75, 3.05) is 12.5 Å². The third-order valence-electron chi connectivity index (χ3n) is 2.64. The van der Waals surface area contributed by atoms with E-state index < -0.39 is 42.0 Å². The van der Waals surface area contributed by atoms with Crippen LogP contribution in [0, 0.1) is 0 Å². The minimum absolute atomic E-state index is 0.0562. The van der Waals surface area contributed by atoms with Gasteiger partial charge in [-0.3, -0.25) is 0 Å². The first-order valence-electron chi connectivity index (χ1n) is 5.79. The first-order valence-corrected chi connectivity index (χ1v) is 9.58. The molecule has 1 heterocycles. The van der Waals surface area contributed by atoms with Crippen molar-refractivity contribution in [2.24, 2.45) is 0 Å². The lowest BCUT2D eigenvalue weighted by Gasteiger charge is -2.15. The first kappa shape index (κ1) is 16.9. The maximum atomic E-state index is 11.8. The summed E-state index contributed by atoms with van der Waals surface area (Å²) in [5.74, 6) is -0.932. The van der Waals surface area contributed by atoms with Crippen molar-refractivity contribution in [1.82, 2.24) is 4.98 Å². The Kier molecular flexibility index (Phi) is 4.78. The average Bonchev–Trinajstić information content (AvgIpc) is 2.27. The number of pyridine rings is 1. The SMILES string of the molecule is CCCc1nc(S(C)(=O)=O)c(O)c(S(C)(=O)=O)c1CO. The van der Waals surface area contributed by atoms with Gasteiger partial charge in [0.1, 0.15) is 4.90 Å². The van der Waals surface area contributed by atoms with E-state index >= 15 is 0 Å². The second-order valence-corrected chi connectivity index (χ2v) is 8.36. The summed E-state index contributed by atoms with van der Waals surface area (Å²) in [6.07, 6.45) is 2.54. The van der Waals surface area contributed by atoms with Crippen molar-refractivity contribution in [3.05, 3.63) is 11.3 Å². The molecule has 0 fully saturated rings. The van der Waals surface area contributed by atoms with E-state index in [9.17, 15) is 27.0 Å². The minimum atomic E-state index is -3.91. The Hall–Kier alpha value is -1.19. The van der Waals surface area contributed by atoms with Crippen LogP contribution in [-0.4, -0.2) is 44.5 Å². The summed E-state index contributed by atoms with van der Waals surface area (Å²) < 4.78 is 46.8. The summed E-state index contributed by atoms with van der Waals surface area (Å²) in [6, 6.07) is 0. The number of aliphatic hydroxyl groups is 1. The highest BCUT2D eigenvalue weighted by atomic mass is 32.2. The van der Waals surface area contributed by atoms with Gasteiger partial charge < -0.3 is 10.2 Å². The number of aromatic hydroxyl groups is 1. The van der Waals surface area contributed by atoms with Gasteiger partial charge in [0.25, 0.3) is 0 Å². The summed E-state index contributed by atoms with van der Waals surface area (Å²) in [7, 11) is -7.80. The molecule has 20 heavy (non-hydrogen) atoms. The first-order chi connectivity index (χ1) is 9.04. The van der Waals surface area contributed by atoms with E-state index in [1.165, 1.54) is 0 Å². The van der Waals surface area contributed by atoms with Crippen LogP contribution in [0.15, 0.2) is 9.92 Å². The Morgan fingerprint density at radius 1 is 1.10 bits per heavy atom. The maximum absolute atomic E-state index is 11.8. The van der Waals surface area contributed by atoms with E-state index in [1.54, 1.807) is 6.92 Å². The number of hydrogen-bond acceptors (Lipinski definition) is 7. The van der Waals surface area contributed by atoms with Gasteiger partial charge in [-0.1, -0.05) is 13.3 Å². The van der Waals surface area contributed by atoms with E-state index in [0.29, 0.717) is 12.8 Å². The van der Waals surface area contributed by atoms with Crippen molar-refractivity contribution >= 4 is 19.7 Å². The van der Waals surface area contributed by atoms with Gasteiger partial charge in [-0.2, -0.15) is 0 Å². The summed E-state index contributed by atoms with van der Waals surface area (Å²) in [6.45, 7) is 1.15. The molecule has 1 aromatic heterocycles. The van der Waals surface area contributed by atoms with Crippen molar-refractivity contribution in [3.8, 4) is 5.75 Å². The Balaban J connectivity index is 3.93. The number of aromatic nitrogens is 1. The molecule has 0 unspecified atom stereocenters. The predicted octanol–water partition coefficient (Wildman–Crippen LogP) is 0.0390. The number of aliphatic hydroxyl groups excluding tert-OH is 1. The van der Waals surface area contributed by atoms with Crippen molar-refractivity contribution in [3.63, 3.8) is 0 Å². The molecule has 0 aromatic carbocycles. The number of sulfone groups is 2. The Morgan fingerprint density at radius 3 is 2.00 bits per heavy atom. The molecule has 9 heteroatoms. The third kappa shape index (κ3) is 3.28. The molecule has 0 saturated heterocycles. The quantitative estimate of drug-likeness (QED) is 0.784. The van der Waals surface area contributed by atoms with Crippen LogP contribution in [0.1, 0.15) is 24.6 Å². The fourth-order valence-electron chi connectivity index (χ4n) is 1.88. The number of aryl methyl sites for hydroxylation is 1. The highest BCUT2D eigenvalue weighted by Gasteiger charge is 2.29. The molecular formula is C11H17NO6S2. The average molecular weight is 323 g/mol. The molecule has 0 aliphatic heterocycles. The molecule has 1 rings (SSSR count). The topological polar surface area (TPSA) is 122 Å². The largest absolute Gasteiger partial charge is 0.504 e. The van der Waals surface area contributed by atoms with Crippen LogP contribution in [-0.2, 0) is 32.7 Å². The van der Waals surface area contributed by atoms with Gasteiger partial charge in [-0.15, -0.1) is 0 Å². The molecule has 2 N–H and O–H groups in total. The summed E-state index contributed by atoms with van der Waals surface area (Å²) in [5.41, 5.74) is 0.105. The van der Waals surface area contributed by atoms with E-state index in [4.69, 9.17) is 0 Å². The summed E-state index contributed by atoms with van der Waals surface area (Å²) in [4.78, 5) is 3.25. The number of rotatable bonds is 5. The fraction of sp³-hybridized carbons (Fsp3) is 0.545. The van der Waals surface area contributed by atoms with Gasteiger partial charge in [0.2, 0.25) is 0 Å². The van der Waals surface area contributed by atoms with Crippen LogP contribution in [0.3, 0.4) is 0 Å². The van der Waals surface area contributed by atoms with Crippen molar-refractivity contribution in [1.29, 1.82) is 0 Å². The van der Waals surface area contributed by atoms with Gasteiger partial charge in [0.15, 0.2) is 30.4 Å². The second kappa shape index (κ2) is 5.66. The molecular weight excluding hydrogens is 306 g/mol. The van der Waals surface area contributed by atoms with Crippen LogP contribution in [0.2, 0.25) is 0 Å². The van der Waals surface area contributed by atoms with Crippen LogP contribution in [0.5, 0.6) is 5.75 Å². The molecule has 7 nitrogen and oxygen atoms in total. The van der Waals surface area contributed by atoms with Gasteiger partial charge in [0, 0.05) is 23.8 Å². The molecule has 0 radical (unpaired) electrons. The molecule has 0 bridgehead atoms. The molecule has 0 aliphatic rings. The normalized spacial score (nSPS) is 12.6. The van der Waals surface area contributed by atoms with E-state index in [-0.39, 0.29) is 11.3 Å². The predicted molar refractivity (Wildman–Crippen MR) is 72.0 cm³/mol. The lowest BCUT2D eigenvalue weighted by Crippen LogP contribution is -2.13. The van der Waals surface area contributed by atoms with Crippen LogP contribution >= 0.6 is 0 Å². The highest BCUT2D eigenvalue weighted by molar-refractivity contribution is 7.91. The maximum Gasteiger partial charge on any atom is 0.198 e. The standard InChI is InChI=1S/C11H17NO6S2/c1-4-5-8-7(6-13)10(19(2,15)16)9(14)11(12-8)20(3,17)18/h13-14H,4-6H2,1-3H3. The van der Waals surface area contributed by atoms with Crippen LogP contribution in [0.25, 0.3) is 0 Å². The lowest BCUT2D eigenvalue weighted by molar-refractivity contribution is 0.273. The number of hydrogen-bond donors (Lipinski definition) is 2. The van der Waals surface area contributed by atoms with Gasteiger partial charge in [0.05, 0.1) is 6.61 Å². The molecule has 0 spiro atoms. The summed E-state index contributed by atoms with van der Waals surface area (Å²) in [5, 5.41) is 18.6. The monoisotopic (exact) mass is 323 g/mol. The van der Waals surface area contributed by atoms with E-state index in [0.717, 1.165) is 12.5 Å².